The summed E-state index contributed by atoms with van der Waals surface area (Å²) in [5.74, 6) is 0.827. The number of amides is 1. The number of carbonyl (C=O) groups is 1. The number of hydrogen-bond acceptors (Lipinski definition) is 3. The van der Waals surface area contributed by atoms with E-state index in [-0.39, 0.29) is 17.2 Å². The predicted octanol–water partition coefficient (Wildman–Crippen LogP) is 1.65. The summed E-state index contributed by atoms with van der Waals surface area (Å²) >= 11 is 0. The van der Waals surface area contributed by atoms with Gasteiger partial charge in [0.25, 0.3) is 0 Å². The van der Waals surface area contributed by atoms with Gasteiger partial charge >= 0.3 is 0 Å². The number of anilines is 1. The number of nitrogens with one attached hydrogen (secondary N) is 3. The molecule has 0 atom stereocenters. The average molecular weight is 250 g/mol. The molecule has 5 nitrogen and oxygen atoms in total. The van der Waals surface area contributed by atoms with Crippen LogP contribution in [0.2, 0.25) is 0 Å². The Hall–Kier alpha value is -1.36. The second-order valence-electron chi connectivity index (χ2n) is 5.93. The standard InChI is InChI=1S/C13H22N4O/c1-13(2,3)10-8-11(17-16-10)15-12(18)9-4-6-14-7-5-9/h8-9,14H,4-7H2,1-3H3,(H2,15,16,17,18). The van der Waals surface area contributed by atoms with Crippen LogP contribution in [0, 0.1) is 5.92 Å². The first-order chi connectivity index (χ1) is 8.47. The molecule has 3 N–H and O–H groups in total. The van der Waals surface area contributed by atoms with Crippen molar-refractivity contribution in [3.63, 3.8) is 0 Å². The molecule has 1 aromatic heterocycles. The van der Waals surface area contributed by atoms with Crippen LogP contribution in [-0.4, -0.2) is 29.2 Å². The van der Waals surface area contributed by atoms with E-state index in [1.54, 1.807) is 0 Å². The van der Waals surface area contributed by atoms with Crippen molar-refractivity contribution in [2.45, 2.75) is 39.0 Å². The van der Waals surface area contributed by atoms with Crippen LogP contribution >= 0.6 is 0 Å². The third-order valence-corrected chi connectivity index (χ3v) is 3.35. The van der Waals surface area contributed by atoms with E-state index in [0.29, 0.717) is 5.82 Å². The van der Waals surface area contributed by atoms with E-state index in [2.05, 4.69) is 41.6 Å². The second kappa shape index (κ2) is 5.10. The molecule has 0 radical (unpaired) electrons. The number of rotatable bonds is 2. The van der Waals surface area contributed by atoms with E-state index in [9.17, 15) is 4.79 Å². The van der Waals surface area contributed by atoms with Gasteiger partial charge in [-0.1, -0.05) is 20.8 Å². The lowest BCUT2D eigenvalue weighted by Crippen LogP contribution is -2.34. The Bertz CT molecular complexity index is 413. The monoisotopic (exact) mass is 250 g/mol. The van der Waals surface area contributed by atoms with Gasteiger partial charge in [0, 0.05) is 23.1 Å². The van der Waals surface area contributed by atoms with Crippen molar-refractivity contribution < 1.29 is 4.79 Å². The molecule has 1 saturated heterocycles. The van der Waals surface area contributed by atoms with Crippen LogP contribution in [0.1, 0.15) is 39.3 Å². The van der Waals surface area contributed by atoms with E-state index >= 15 is 0 Å². The zero-order valence-corrected chi connectivity index (χ0v) is 11.3. The van der Waals surface area contributed by atoms with Gasteiger partial charge in [-0.2, -0.15) is 5.10 Å². The molecule has 1 aromatic rings. The molecule has 1 aliphatic rings. The minimum absolute atomic E-state index is 0.0186. The third-order valence-electron chi connectivity index (χ3n) is 3.35. The van der Waals surface area contributed by atoms with Crippen molar-refractivity contribution in [3.8, 4) is 0 Å². The minimum atomic E-state index is 0.0186. The van der Waals surface area contributed by atoms with Crippen LogP contribution in [0.3, 0.4) is 0 Å². The number of carbonyl (C=O) groups excluding carboxylic acids is 1. The van der Waals surface area contributed by atoms with E-state index in [1.807, 2.05) is 6.07 Å². The molecule has 1 amide bonds. The van der Waals surface area contributed by atoms with Crippen molar-refractivity contribution in [3.05, 3.63) is 11.8 Å². The molecular weight excluding hydrogens is 228 g/mol. The molecule has 0 aliphatic carbocycles. The first-order valence-corrected chi connectivity index (χ1v) is 6.54. The van der Waals surface area contributed by atoms with Crippen molar-refractivity contribution in [2.75, 3.05) is 18.4 Å². The highest BCUT2D eigenvalue weighted by Gasteiger charge is 2.22. The van der Waals surface area contributed by atoms with Gasteiger partial charge in [0.15, 0.2) is 5.82 Å². The molecule has 0 saturated carbocycles. The summed E-state index contributed by atoms with van der Waals surface area (Å²) in [6.45, 7) is 8.18. The molecule has 0 spiro atoms. The Morgan fingerprint density at radius 2 is 2.06 bits per heavy atom. The Kier molecular flexibility index (Phi) is 3.71. The number of nitrogens with zero attached hydrogens (tertiary/aromatic N) is 1. The van der Waals surface area contributed by atoms with Crippen LogP contribution in [0.4, 0.5) is 5.82 Å². The van der Waals surface area contributed by atoms with E-state index in [0.717, 1.165) is 31.6 Å². The Morgan fingerprint density at radius 3 is 2.61 bits per heavy atom. The van der Waals surface area contributed by atoms with E-state index in [4.69, 9.17) is 0 Å². The highest BCUT2D eigenvalue weighted by Crippen LogP contribution is 2.22. The molecule has 1 aliphatic heterocycles. The Balaban J connectivity index is 1.96. The maximum absolute atomic E-state index is 12.0. The third kappa shape index (κ3) is 3.10. The Morgan fingerprint density at radius 1 is 1.39 bits per heavy atom. The van der Waals surface area contributed by atoms with Gasteiger partial charge in [0.05, 0.1) is 0 Å². The minimum Gasteiger partial charge on any atom is -0.317 e. The van der Waals surface area contributed by atoms with Crippen molar-refractivity contribution in [2.24, 2.45) is 5.92 Å². The van der Waals surface area contributed by atoms with Crippen LogP contribution in [-0.2, 0) is 10.2 Å². The lowest BCUT2D eigenvalue weighted by atomic mass is 9.92. The van der Waals surface area contributed by atoms with E-state index in [1.165, 1.54) is 0 Å². The van der Waals surface area contributed by atoms with Crippen LogP contribution in [0.25, 0.3) is 0 Å². The van der Waals surface area contributed by atoms with Gasteiger partial charge in [-0.3, -0.25) is 9.89 Å². The topological polar surface area (TPSA) is 69.8 Å². The number of aromatic amines is 1. The summed E-state index contributed by atoms with van der Waals surface area (Å²) in [6.07, 6.45) is 1.81. The predicted molar refractivity (Wildman–Crippen MR) is 71.5 cm³/mol. The van der Waals surface area contributed by atoms with Gasteiger partial charge in [0.1, 0.15) is 0 Å². The molecule has 0 unspecified atom stereocenters. The van der Waals surface area contributed by atoms with Crippen LogP contribution in [0.5, 0.6) is 0 Å². The summed E-state index contributed by atoms with van der Waals surface area (Å²) < 4.78 is 0. The number of aromatic nitrogens is 2. The summed E-state index contributed by atoms with van der Waals surface area (Å²) in [5.41, 5.74) is 1.05. The summed E-state index contributed by atoms with van der Waals surface area (Å²) in [4.78, 5) is 12.0. The highest BCUT2D eigenvalue weighted by atomic mass is 16.2. The van der Waals surface area contributed by atoms with Crippen molar-refractivity contribution in [1.29, 1.82) is 0 Å². The van der Waals surface area contributed by atoms with Gasteiger partial charge in [-0.25, -0.2) is 0 Å². The molecule has 100 valence electrons. The lowest BCUT2D eigenvalue weighted by Gasteiger charge is -2.21. The zero-order chi connectivity index (χ0) is 13.2. The zero-order valence-electron chi connectivity index (χ0n) is 11.3. The first kappa shape index (κ1) is 13.1. The molecule has 18 heavy (non-hydrogen) atoms. The van der Waals surface area contributed by atoms with Crippen LogP contribution < -0.4 is 10.6 Å². The molecule has 5 heteroatoms. The van der Waals surface area contributed by atoms with Gasteiger partial charge in [-0.15, -0.1) is 0 Å². The number of H-pyrrole nitrogens is 1. The molecule has 1 fully saturated rings. The van der Waals surface area contributed by atoms with E-state index < -0.39 is 0 Å². The summed E-state index contributed by atoms with van der Waals surface area (Å²) in [5, 5.41) is 13.3. The maximum Gasteiger partial charge on any atom is 0.228 e. The molecule has 2 rings (SSSR count). The summed E-state index contributed by atoms with van der Waals surface area (Å²) in [7, 11) is 0. The molecule has 2 heterocycles. The molecule has 0 aromatic carbocycles. The highest BCUT2D eigenvalue weighted by molar-refractivity contribution is 5.91. The average Bonchev–Trinajstić information content (AvgIpc) is 2.78. The largest absolute Gasteiger partial charge is 0.317 e. The summed E-state index contributed by atoms with van der Waals surface area (Å²) in [6, 6.07) is 1.92. The molecule has 0 bridgehead atoms. The van der Waals surface area contributed by atoms with Gasteiger partial charge in [0.2, 0.25) is 5.91 Å². The number of hydrogen-bond donors (Lipinski definition) is 3. The van der Waals surface area contributed by atoms with Crippen molar-refractivity contribution in [1.82, 2.24) is 15.5 Å². The first-order valence-electron chi connectivity index (χ1n) is 6.54. The Labute approximate surface area is 108 Å². The molecular formula is C13H22N4O. The van der Waals surface area contributed by atoms with Crippen LogP contribution in [0.15, 0.2) is 6.07 Å². The quantitative estimate of drug-likeness (QED) is 0.747. The normalized spacial score (nSPS) is 17.7. The fourth-order valence-corrected chi connectivity index (χ4v) is 2.08. The smallest absolute Gasteiger partial charge is 0.228 e. The van der Waals surface area contributed by atoms with Gasteiger partial charge in [-0.05, 0) is 25.9 Å². The second-order valence-corrected chi connectivity index (χ2v) is 5.93. The van der Waals surface area contributed by atoms with Gasteiger partial charge < -0.3 is 10.6 Å². The fraction of sp³-hybridized carbons (Fsp3) is 0.692. The maximum atomic E-state index is 12.0. The lowest BCUT2D eigenvalue weighted by molar-refractivity contribution is -0.120. The SMILES string of the molecule is CC(C)(C)c1cc(NC(=O)C2CCNCC2)n[nH]1. The van der Waals surface area contributed by atoms with Crippen molar-refractivity contribution >= 4 is 11.7 Å². The fourth-order valence-electron chi connectivity index (χ4n) is 2.08. The number of piperidine rings is 1.